The van der Waals surface area contributed by atoms with Crippen LogP contribution in [0.4, 0.5) is 0 Å². The molecule has 1 aliphatic rings. The van der Waals surface area contributed by atoms with E-state index in [1.165, 1.54) is 0 Å². The number of amides is 1. The summed E-state index contributed by atoms with van der Waals surface area (Å²) in [6.07, 6.45) is 6.75. The van der Waals surface area contributed by atoms with Crippen LogP contribution >= 0.6 is 0 Å². The van der Waals surface area contributed by atoms with Crippen LogP contribution in [0.25, 0.3) is 0 Å². The topological polar surface area (TPSA) is 54.5 Å². The monoisotopic (exact) mass is 287 g/mol. The highest BCUT2D eigenvalue weighted by atomic mass is 32.2. The van der Waals surface area contributed by atoms with E-state index in [1.54, 1.807) is 11.8 Å². The molecule has 0 spiro atoms. The highest BCUT2D eigenvalue weighted by Crippen LogP contribution is 2.21. The quantitative estimate of drug-likeness (QED) is 0.702. The summed E-state index contributed by atoms with van der Waals surface area (Å²) in [5.41, 5.74) is 0. The Labute approximate surface area is 116 Å². The van der Waals surface area contributed by atoms with Crippen LogP contribution in [0.3, 0.4) is 0 Å². The second kappa shape index (κ2) is 7.08. The molecular formula is C14H25NO3S. The summed E-state index contributed by atoms with van der Waals surface area (Å²) in [5.74, 6) is 0.323. The summed E-state index contributed by atoms with van der Waals surface area (Å²) in [4.78, 5) is 14.2. The molecule has 2 atom stereocenters. The van der Waals surface area contributed by atoms with E-state index in [0.717, 1.165) is 19.3 Å². The largest absolute Gasteiger partial charge is 0.339 e. The molecule has 19 heavy (non-hydrogen) atoms. The van der Waals surface area contributed by atoms with Crippen LogP contribution in [0.5, 0.6) is 0 Å². The van der Waals surface area contributed by atoms with Gasteiger partial charge in [-0.05, 0) is 33.1 Å². The smallest absolute Gasteiger partial charge is 0.226 e. The SMILES string of the molecule is CCN(C(=O)[C@@H]1CC=CCC1)[C@H](C)CS(=O)(=O)CC. The Hall–Kier alpha value is -0.840. The Morgan fingerprint density at radius 1 is 1.37 bits per heavy atom. The summed E-state index contributed by atoms with van der Waals surface area (Å²) in [6, 6.07) is -0.242. The zero-order chi connectivity index (χ0) is 14.5. The second-order valence-electron chi connectivity index (χ2n) is 5.15. The van der Waals surface area contributed by atoms with E-state index in [-0.39, 0.29) is 29.4 Å². The van der Waals surface area contributed by atoms with Crippen LogP contribution in [0.1, 0.15) is 40.0 Å². The normalized spacial score (nSPS) is 21.1. The molecule has 0 saturated carbocycles. The first-order valence-electron chi connectivity index (χ1n) is 7.07. The van der Waals surface area contributed by atoms with E-state index in [1.807, 2.05) is 19.9 Å². The van der Waals surface area contributed by atoms with E-state index in [4.69, 9.17) is 0 Å². The summed E-state index contributed by atoms with van der Waals surface area (Å²) >= 11 is 0. The molecule has 5 heteroatoms. The number of hydrogen-bond acceptors (Lipinski definition) is 3. The molecule has 0 N–H and O–H groups in total. The fourth-order valence-corrected chi connectivity index (χ4v) is 3.66. The standard InChI is InChI=1S/C14H25NO3S/c1-4-15(12(3)11-19(17,18)5-2)14(16)13-9-7-6-8-10-13/h6-7,12-13H,4-5,8-11H2,1-3H3/t12-,13-/m1/s1. The maximum atomic E-state index is 12.4. The Morgan fingerprint density at radius 2 is 2.05 bits per heavy atom. The van der Waals surface area contributed by atoms with Gasteiger partial charge in [-0.25, -0.2) is 8.42 Å². The van der Waals surface area contributed by atoms with E-state index in [9.17, 15) is 13.2 Å². The molecule has 1 aliphatic carbocycles. The third-order valence-corrected chi connectivity index (χ3v) is 5.58. The number of sulfone groups is 1. The Kier molecular flexibility index (Phi) is 6.04. The van der Waals surface area contributed by atoms with Crippen molar-refractivity contribution >= 4 is 15.7 Å². The minimum atomic E-state index is -3.05. The number of nitrogens with zero attached hydrogens (tertiary/aromatic N) is 1. The van der Waals surface area contributed by atoms with Crippen molar-refractivity contribution in [2.45, 2.75) is 46.1 Å². The van der Waals surface area contributed by atoms with Crippen molar-refractivity contribution in [3.63, 3.8) is 0 Å². The van der Waals surface area contributed by atoms with Crippen molar-refractivity contribution in [3.05, 3.63) is 12.2 Å². The molecule has 1 rings (SSSR count). The van der Waals surface area contributed by atoms with Crippen molar-refractivity contribution in [2.24, 2.45) is 5.92 Å². The number of rotatable bonds is 6. The van der Waals surface area contributed by atoms with Crippen LogP contribution < -0.4 is 0 Å². The summed E-state index contributed by atoms with van der Waals surface area (Å²) in [7, 11) is -3.05. The highest BCUT2D eigenvalue weighted by molar-refractivity contribution is 7.91. The lowest BCUT2D eigenvalue weighted by molar-refractivity contribution is -0.137. The first kappa shape index (κ1) is 16.2. The predicted molar refractivity (Wildman–Crippen MR) is 77.7 cm³/mol. The molecule has 0 aromatic rings. The molecule has 0 fully saturated rings. The fraction of sp³-hybridized carbons (Fsp3) is 0.786. The van der Waals surface area contributed by atoms with E-state index in [0.29, 0.717) is 6.54 Å². The molecular weight excluding hydrogens is 262 g/mol. The minimum absolute atomic E-state index is 0.0248. The minimum Gasteiger partial charge on any atom is -0.339 e. The lowest BCUT2D eigenvalue weighted by Gasteiger charge is -2.32. The third-order valence-electron chi connectivity index (χ3n) is 3.71. The van der Waals surface area contributed by atoms with Gasteiger partial charge in [-0.3, -0.25) is 4.79 Å². The zero-order valence-electron chi connectivity index (χ0n) is 12.1. The molecule has 1 amide bonds. The van der Waals surface area contributed by atoms with Gasteiger partial charge in [-0.1, -0.05) is 19.1 Å². The molecule has 4 nitrogen and oxygen atoms in total. The van der Waals surface area contributed by atoms with Gasteiger partial charge in [0.2, 0.25) is 5.91 Å². The second-order valence-corrected chi connectivity index (χ2v) is 7.55. The molecule has 0 unspecified atom stereocenters. The number of carbonyl (C=O) groups excluding carboxylic acids is 1. The van der Waals surface area contributed by atoms with E-state index >= 15 is 0 Å². The fourth-order valence-electron chi connectivity index (χ4n) is 2.51. The van der Waals surface area contributed by atoms with Crippen LogP contribution in [0.2, 0.25) is 0 Å². The van der Waals surface area contributed by atoms with Gasteiger partial charge in [0.15, 0.2) is 9.84 Å². The zero-order valence-corrected chi connectivity index (χ0v) is 12.9. The van der Waals surface area contributed by atoms with Gasteiger partial charge in [0, 0.05) is 24.3 Å². The molecule has 0 heterocycles. The Bertz CT molecular complexity index is 428. The van der Waals surface area contributed by atoms with Crippen molar-refractivity contribution in [2.75, 3.05) is 18.1 Å². The first-order chi connectivity index (χ1) is 8.91. The summed E-state index contributed by atoms with van der Waals surface area (Å²) < 4.78 is 23.4. The average molecular weight is 287 g/mol. The van der Waals surface area contributed by atoms with Crippen LogP contribution in [-0.2, 0) is 14.6 Å². The maximum absolute atomic E-state index is 12.4. The van der Waals surface area contributed by atoms with Crippen LogP contribution in [0.15, 0.2) is 12.2 Å². The average Bonchev–Trinajstić information content (AvgIpc) is 2.40. The molecule has 0 bridgehead atoms. The number of allylic oxidation sites excluding steroid dienone is 2. The maximum Gasteiger partial charge on any atom is 0.226 e. The highest BCUT2D eigenvalue weighted by Gasteiger charge is 2.28. The van der Waals surface area contributed by atoms with Gasteiger partial charge in [0.25, 0.3) is 0 Å². The Balaban J connectivity index is 2.70. The first-order valence-corrected chi connectivity index (χ1v) is 8.89. The van der Waals surface area contributed by atoms with Gasteiger partial charge >= 0.3 is 0 Å². The van der Waals surface area contributed by atoms with Gasteiger partial charge < -0.3 is 4.90 Å². The Morgan fingerprint density at radius 3 is 2.53 bits per heavy atom. The van der Waals surface area contributed by atoms with Gasteiger partial charge in [-0.15, -0.1) is 0 Å². The van der Waals surface area contributed by atoms with Gasteiger partial charge in [0.05, 0.1) is 5.75 Å². The van der Waals surface area contributed by atoms with Gasteiger partial charge in [-0.2, -0.15) is 0 Å². The lowest BCUT2D eigenvalue weighted by Crippen LogP contribution is -2.45. The van der Waals surface area contributed by atoms with Crippen molar-refractivity contribution < 1.29 is 13.2 Å². The third kappa shape index (κ3) is 4.64. The van der Waals surface area contributed by atoms with Crippen molar-refractivity contribution in [1.29, 1.82) is 0 Å². The molecule has 0 aliphatic heterocycles. The molecule has 0 saturated heterocycles. The molecule has 0 aromatic carbocycles. The number of hydrogen-bond donors (Lipinski definition) is 0. The predicted octanol–water partition coefficient (Wildman–Crippen LogP) is 2.01. The van der Waals surface area contributed by atoms with Crippen molar-refractivity contribution in [1.82, 2.24) is 4.90 Å². The van der Waals surface area contributed by atoms with Crippen LogP contribution in [-0.4, -0.2) is 43.3 Å². The lowest BCUT2D eigenvalue weighted by atomic mass is 9.93. The van der Waals surface area contributed by atoms with E-state index in [2.05, 4.69) is 6.08 Å². The molecule has 0 aromatic heterocycles. The van der Waals surface area contributed by atoms with Gasteiger partial charge in [0.1, 0.15) is 0 Å². The molecule has 110 valence electrons. The van der Waals surface area contributed by atoms with E-state index < -0.39 is 9.84 Å². The number of carbonyl (C=O) groups is 1. The molecule has 0 radical (unpaired) electrons. The summed E-state index contributed by atoms with van der Waals surface area (Å²) in [5, 5.41) is 0. The summed E-state index contributed by atoms with van der Waals surface area (Å²) in [6.45, 7) is 5.95. The van der Waals surface area contributed by atoms with Crippen LogP contribution in [0, 0.1) is 5.92 Å². The van der Waals surface area contributed by atoms with Crippen molar-refractivity contribution in [3.8, 4) is 0 Å².